The van der Waals surface area contributed by atoms with Crippen molar-refractivity contribution >= 4 is 23.2 Å². The fourth-order valence-electron chi connectivity index (χ4n) is 2.05. The molecular formula is C21H30ClN5O. The van der Waals surface area contributed by atoms with Crippen molar-refractivity contribution in [1.82, 2.24) is 19.7 Å². The first-order chi connectivity index (χ1) is 13.6. The Balaban J connectivity index is 0.00000111. The average Bonchev–Trinajstić information content (AvgIpc) is 3.21. The van der Waals surface area contributed by atoms with Crippen molar-refractivity contribution in [3.8, 4) is 0 Å². The number of carbonyl (C=O) groups excluding carboxylic acids is 1. The van der Waals surface area contributed by atoms with Gasteiger partial charge < -0.3 is 5.73 Å². The molecule has 0 amide bonds. The van der Waals surface area contributed by atoms with Gasteiger partial charge in [0.25, 0.3) is 0 Å². The lowest BCUT2D eigenvalue weighted by molar-refractivity contribution is 0.103. The van der Waals surface area contributed by atoms with E-state index in [4.69, 9.17) is 17.3 Å². The zero-order chi connectivity index (χ0) is 21.5. The third-order valence-corrected chi connectivity index (χ3v) is 3.33. The number of rotatable bonds is 4. The van der Waals surface area contributed by atoms with Crippen molar-refractivity contribution in [3.63, 3.8) is 0 Å². The van der Waals surface area contributed by atoms with Gasteiger partial charge in [0.2, 0.25) is 5.78 Å². The number of benzene rings is 1. The minimum Gasteiger partial charge on any atom is -0.383 e. The topological polar surface area (TPSA) is 86.7 Å². The maximum atomic E-state index is 12.3. The molecule has 3 rings (SSSR count). The van der Waals surface area contributed by atoms with E-state index in [9.17, 15) is 4.79 Å². The number of hydrogen-bond acceptors (Lipinski definition) is 5. The Bertz CT molecular complexity index is 833. The first kappa shape index (κ1) is 25.3. The highest BCUT2D eigenvalue weighted by Crippen LogP contribution is 2.14. The van der Waals surface area contributed by atoms with Crippen LogP contribution in [0.25, 0.3) is 0 Å². The van der Waals surface area contributed by atoms with E-state index in [0.717, 1.165) is 5.56 Å². The number of nitrogens with two attached hydrogens (primary N) is 1. The van der Waals surface area contributed by atoms with Gasteiger partial charge in [0.1, 0.15) is 17.8 Å². The number of anilines is 1. The molecular weight excluding hydrogens is 374 g/mol. The zero-order valence-electron chi connectivity index (χ0n) is 17.5. The number of nitrogens with zero attached hydrogens (tertiary/aromatic N) is 4. The van der Waals surface area contributed by atoms with Gasteiger partial charge in [-0.1, -0.05) is 65.3 Å². The Labute approximate surface area is 172 Å². The summed E-state index contributed by atoms with van der Waals surface area (Å²) in [5.74, 6) is -0.160. The molecule has 28 heavy (non-hydrogen) atoms. The van der Waals surface area contributed by atoms with Gasteiger partial charge in [-0.05, 0) is 23.8 Å². The van der Waals surface area contributed by atoms with Crippen molar-refractivity contribution in [2.24, 2.45) is 0 Å². The molecule has 6 nitrogen and oxygen atoms in total. The van der Waals surface area contributed by atoms with E-state index < -0.39 is 0 Å². The van der Waals surface area contributed by atoms with Gasteiger partial charge >= 0.3 is 0 Å². The van der Waals surface area contributed by atoms with Crippen molar-refractivity contribution in [1.29, 1.82) is 0 Å². The predicted octanol–water partition coefficient (Wildman–Crippen LogP) is 5.27. The van der Waals surface area contributed by atoms with Crippen molar-refractivity contribution < 1.29 is 4.79 Å². The van der Waals surface area contributed by atoms with Crippen molar-refractivity contribution in [2.75, 3.05) is 5.73 Å². The molecule has 2 heterocycles. The fraction of sp³-hybridized carbons (Fsp3) is 0.333. The van der Waals surface area contributed by atoms with Gasteiger partial charge in [-0.15, -0.1) is 0 Å². The molecule has 0 bridgehead atoms. The van der Waals surface area contributed by atoms with Crippen LogP contribution in [0.1, 0.15) is 63.2 Å². The standard InChI is InChI=1S/C15H12ClN5O.3C2H6/c16-11-3-1-2-10(6-11)8-21-5-4-13(20-21)14(22)12-7-18-9-19-15(12)17;3*1-2/h1-7,9H,8H2,(H2,17,18,19);3*1-2H3. The van der Waals surface area contributed by atoms with Gasteiger partial charge in [0.15, 0.2) is 0 Å². The van der Waals surface area contributed by atoms with Crippen LogP contribution in [-0.2, 0) is 6.54 Å². The molecule has 0 aliphatic carbocycles. The Kier molecular flexibility index (Phi) is 12.9. The second-order valence-corrected chi connectivity index (χ2v) is 5.12. The number of ketones is 1. The van der Waals surface area contributed by atoms with Crippen molar-refractivity contribution in [3.05, 3.63) is 70.9 Å². The molecule has 0 aliphatic rings. The van der Waals surface area contributed by atoms with Crippen LogP contribution in [0.4, 0.5) is 5.82 Å². The molecule has 0 atom stereocenters. The summed E-state index contributed by atoms with van der Waals surface area (Å²) in [6.45, 7) is 12.5. The summed E-state index contributed by atoms with van der Waals surface area (Å²) in [7, 11) is 0. The molecule has 2 N–H and O–H groups in total. The number of hydrogen-bond donors (Lipinski definition) is 1. The Morgan fingerprint density at radius 2 is 1.79 bits per heavy atom. The zero-order valence-corrected chi connectivity index (χ0v) is 18.2. The summed E-state index contributed by atoms with van der Waals surface area (Å²) >= 11 is 5.95. The SMILES string of the molecule is CC.CC.CC.Nc1ncncc1C(=O)c1ccn(Cc2cccc(Cl)c2)n1. The highest BCUT2D eigenvalue weighted by molar-refractivity contribution is 6.30. The van der Waals surface area contributed by atoms with Gasteiger partial charge in [-0.3, -0.25) is 9.48 Å². The van der Waals surface area contributed by atoms with E-state index in [1.165, 1.54) is 12.5 Å². The Morgan fingerprint density at radius 3 is 2.39 bits per heavy atom. The summed E-state index contributed by atoms with van der Waals surface area (Å²) in [5.41, 5.74) is 7.22. The van der Waals surface area contributed by atoms with Crippen LogP contribution in [0.15, 0.2) is 49.1 Å². The molecule has 3 aromatic rings. The second-order valence-electron chi connectivity index (χ2n) is 4.68. The van der Waals surface area contributed by atoms with Gasteiger partial charge in [-0.2, -0.15) is 5.10 Å². The molecule has 0 spiro atoms. The van der Waals surface area contributed by atoms with Crippen molar-refractivity contribution in [2.45, 2.75) is 48.1 Å². The maximum Gasteiger partial charge on any atom is 0.218 e. The molecule has 0 fully saturated rings. The average molecular weight is 404 g/mol. The van der Waals surface area contributed by atoms with Crippen LogP contribution < -0.4 is 5.73 Å². The minimum atomic E-state index is -0.303. The molecule has 0 saturated carbocycles. The lowest BCUT2D eigenvalue weighted by Crippen LogP contribution is -2.09. The van der Waals surface area contributed by atoms with Crippen LogP contribution >= 0.6 is 11.6 Å². The highest BCUT2D eigenvalue weighted by Gasteiger charge is 2.16. The smallest absolute Gasteiger partial charge is 0.218 e. The lowest BCUT2D eigenvalue weighted by atomic mass is 10.1. The predicted molar refractivity (Wildman–Crippen MR) is 117 cm³/mol. The molecule has 0 radical (unpaired) electrons. The first-order valence-electron chi connectivity index (χ1n) is 9.51. The fourth-order valence-corrected chi connectivity index (χ4v) is 2.26. The van der Waals surface area contributed by atoms with Crippen LogP contribution in [-0.4, -0.2) is 25.5 Å². The summed E-state index contributed by atoms with van der Waals surface area (Å²) in [4.78, 5) is 20.0. The van der Waals surface area contributed by atoms with Gasteiger partial charge in [-0.25, -0.2) is 9.97 Å². The molecule has 152 valence electrons. The molecule has 0 saturated heterocycles. The lowest BCUT2D eigenvalue weighted by Gasteiger charge is -2.03. The normalized spacial score (nSPS) is 8.96. The summed E-state index contributed by atoms with van der Waals surface area (Å²) in [5, 5.41) is 4.93. The molecule has 1 aromatic carbocycles. The molecule has 0 unspecified atom stereocenters. The highest BCUT2D eigenvalue weighted by atomic mass is 35.5. The number of carbonyl (C=O) groups is 1. The van der Waals surface area contributed by atoms with Crippen LogP contribution in [0.3, 0.4) is 0 Å². The largest absolute Gasteiger partial charge is 0.383 e. The Morgan fingerprint density at radius 1 is 1.11 bits per heavy atom. The maximum absolute atomic E-state index is 12.3. The first-order valence-corrected chi connectivity index (χ1v) is 9.89. The van der Waals surface area contributed by atoms with E-state index in [1.807, 2.05) is 59.7 Å². The molecule has 0 aliphatic heterocycles. The third kappa shape index (κ3) is 7.48. The summed E-state index contributed by atoms with van der Waals surface area (Å²) in [6, 6.07) is 9.11. The van der Waals surface area contributed by atoms with E-state index >= 15 is 0 Å². The number of nitrogen functional groups attached to an aromatic ring is 1. The quantitative estimate of drug-likeness (QED) is 0.600. The number of aromatic nitrogens is 4. The summed E-state index contributed by atoms with van der Waals surface area (Å²) in [6.07, 6.45) is 4.42. The second kappa shape index (κ2) is 14.3. The molecule has 7 heteroatoms. The van der Waals surface area contributed by atoms with Crippen LogP contribution in [0.2, 0.25) is 5.02 Å². The van der Waals surface area contributed by atoms with Gasteiger partial charge in [0.05, 0.1) is 12.1 Å². The van der Waals surface area contributed by atoms with E-state index in [0.29, 0.717) is 17.3 Å². The summed E-state index contributed by atoms with van der Waals surface area (Å²) < 4.78 is 1.67. The third-order valence-electron chi connectivity index (χ3n) is 3.09. The minimum absolute atomic E-state index is 0.143. The van der Waals surface area contributed by atoms with E-state index in [2.05, 4.69) is 15.1 Å². The van der Waals surface area contributed by atoms with E-state index in [1.54, 1.807) is 23.0 Å². The van der Waals surface area contributed by atoms with Crippen LogP contribution in [0.5, 0.6) is 0 Å². The van der Waals surface area contributed by atoms with E-state index in [-0.39, 0.29) is 17.2 Å². The van der Waals surface area contributed by atoms with Crippen LogP contribution in [0, 0.1) is 0 Å². The molecule has 2 aromatic heterocycles. The Hall–Kier alpha value is -2.73. The van der Waals surface area contributed by atoms with Gasteiger partial charge in [0, 0.05) is 17.4 Å². The number of halogens is 1. The monoisotopic (exact) mass is 403 g/mol.